The van der Waals surface area contributed by atoms with Gasteiger partial charge in [-0.2, -0.15) is 0 Å². The van der Waals surface area contributed by atoms with Crippen LogP contribution in [0.2, 0.25) is 15.1 Å². The van der Waals surface area contributed by atoms with E-state index in [1.54, 1.807) is 29.2 Å². The number of carbonyl (C=O) groups is 2. The fourth-order valence-corrected chi connectivity index (χ4v) is 5.69. The first-order valence-electron chi connectivity index (χ1n) is 11.9. The van der Waals surface area contributed by atoms with Crippen molar-refractivity contribution in [2.45, 2.75) is 51.1 Å². The highest BCUT2D eigenvalue weighted by Gasteiger charge is 2.32. The lowest BCUT2D eigenvalue weighted by Crippen LogP contribution is -2.54. The fraction of sp³-hybridized carbons (Fsp3) is 0.310. The molecule has 1 N–H and O–H groups in total. The van der Waals surface area contributed by atoms with Gasteiger partial charge in [0.15, 0.2) is 0 Å². The third kappa shape index (κ3) is 9.26. The van der Waals surface area contributed by atoms with Gasteiger partial charge < -0.3 is 10.2 Å². The molecule has 3 aromatic carbocycles. The summed E-state index contributed by atoms with van der Waals surface area (Å²) in [6.07, 6.45) is 0.385. The SMILES string of the molecule is CC(C)(C)NC(=O)[C@@H](Cc1ccccc1)N(Cc1cccc(Cl)c1)C(=O)CSCc1c(Cl)cccc1Cl. The molecule has 0 aliphatic carbocycles. The molecule has 0 saturated carbocycles. The van der Waals surface area contributed by atoms with E-state index in [9.17, 15) is 9.59 Å². The van der Waals surface area contributed by atoms with E-state index < -0.39 is 11.6 Å². The third-order valence-electron chi connectivity index (χ3n) is 5.54. The van der Waals surface area contributed by atoms with Crippen LogP contribution in [0.3, 0.4) is 0 Å². The molecule has 2 amide bonds. The summed E-state index contributed by atoms with van der Waals surface area (Å²) in [5.74, 6) is 0.284. The van der Waals surface area contributed by atoms with Gasteiger partial charge >= 0.3 is 0 Å². The monoisotopic (exact) mass is 576 g/mol. The van der Waals surface area contributed by atoms with Gasteiger partial charge in [-0.25, -0.2) is 0 Å². The Morgan fingerprint density at radius 3 is 2.14 bits per heavy atom. The topological polar surface area (TPSA) is 49.4 Å². The van der Waals surface area contributed by atoms with Gasteiger partial charge in [0.25, 0.3) is 0 Å². The second-order valence-electron chi connectivity index (χ2n) is 9.79. The molecule has 0 aliphatic rings. The lowest BCUT2D eigenvalue weighted by atomic mass is 10.0. The van der Waals surface area contributed by atoms with Crippen molar-refractivity contribution in [2.24, 2.45) is 0 Å². The molecule has 0 saturated heterocycles. The number of halogens is 3. The Kier molecular flexibility index (Phi) is 10.8. The minimum atomic E-state index is -0.711. The Morgan fingerprint density at radius 1 is 0.892 bits per heavy atom. The van der Waals surface area contributed by atoms with Crippen molar-refractivity contribution in [1.29, 1.82) is 0 Å². The average molecular weight is 578 g/mol. The minimum Gasteiger partial charge on any atom is -0.350 e. The minimum absolute atomic E-state index is 0.154. The zero-order chi connectivity index (χ0) is 27.0. The molecule has 4 nitrogen and oxygen atoms in total. The van der Waals surface area contributed by atoms with Crippen LogP contribution in [0, 0.1) is 0 Å². The van der Waals surface area contributed by atoms with Gasteiger partial charge in [-0.1, -0.05) is 83.3 Å². The highest BCUT2D eigenvalue weighted by molar-refractivity contribution is 7.99. The maximum absolute atomic E-state index is 13.7. The van der Waals surface area contributed by atoms with Crippen LogP contribution in [0.25, 0.3) is 0 Å². The summed E-state index contributed by atoms with van der Waals surface area (Å²) in [6, 6.07) is 21.7. The molecule has 0 bridgehead atoms. The molecule has 8 heteroatoms. The molecule has 0 fully saturated rings. The molecule has 1 atom stereocenters. The van der Waals surface area contributed by atoms with Gasteiger partial charge in [0.2, 0.25) is 11.8 Å². The van der Waals surface area contributed by atoms with E-state index >= 15 is 0 Å². The molecule has 0 aliphatic heterocycles. The van der Waals surface area contributed by atoms with Gasteiger partial charge in [-0.15, -0.1) is 11.8 Å². The number of thioether (sulfide) groups is 1. The summed E-state index contributed by atoms with van der Waals surface area (Å²) >= 11 is 20.3. The quantitative estimate of drug-likeness (QED) is 0.272. The lowest BCUT2D eigenvalue weighted by molar-refractivity contribution is -0.140. The summed E-state index contributed by atoms with van der Waals surface area (Å²) in [4.78, 5) is 29.0. The van der Waals surface area contributed by atoms with Crippen LogP contribution >= 0.6 is 46.6 Å². The Morgan fingerprint density at radius 2 is 1.51 bits per heavy atom. The summed E-state index contributed by atoms with van der Waals surface area (Å²) < 4.78 is 0. The summed E-state index contributed by atoms with van der Waals surface area (Å²) in [7, 11) is 0. The summed E-state index contributed by atoms with van der Waals surface area (Å²) in [5, 5.41) is 4.77. The van der Waals surface area contributed by atoms with Gasteiger partial charge in [-0.05, 0) is 61.7 Å². The first-order chi connectivity index (χ1) is 17.5. The maximum Gasteiger partial charge on any atom is 0.243 e. The van der Waals surface area contributed by atoms with E-state index in [1.165, 1.54) is 11.8 Å². The molecule has 3 rings (SSSR count). The van der Waals surface area contributed by atoms with E-state index in [0.717, 1.165) is 16.7 Å². The zero-order valence-corrected chi connectivity index (χ0v) is 24.2. The van der Waals surface area contributed by atoms with Crippen LogP contribution in [0.1, 0.15) is 37.5 Å². The molecule has 0 unspecified atom stereocenters. The molecular weight excluding hydrogens is 547 g/mol. The van der Waals surface area contributed by atoms with Crippen molar-refractivity contribution in [3.05, 3.63) is 105 Å². The normalized spacial score (nSPS) is 12.2. The van der Waals surface area contributed by atoms with E-state index in [1.807, 2.05) is 69.3 Å². The summed E-state index contributed by atoms with van der Waals surface area (Å²) in [6.45, 7) is 6.03. The Labute approximate surface area is 238 Å². The first-order valence-corrected chi connectivity index (χ1v) is 14.2. The Hall–Kier alpha value is -2.18. The smallest absolute Gasteiger partial charge is 0.243 e. The Bertz CT molecular complexity index is 1200. The van der Waals surface area contributed by atoms with Crippen LogP contribution in [-0.2, 0) is 28.3 Å². The van der Waals surface area contributed by atoms with E-state index in [4.69, 9.17) is 34.8 Å². The van der Waals surface area contributed by atoms with Crippen LogP contribution < -0.4 is 5.32 Å². The van der Waals surface area contributed by atoms with Crippen LogP contribution in [-0.4, -0.2) is 34.0 Å². The first kappa shape index (κ1) is 29.4. The molecule has 3 aromatic rings. The average Bonchev–Trinajstić information content (AvgIpc) is 2.82. The lowest BCUT2D eigenvalue weighted by Gasteiger charge is -2.34. The number of benzene rings is 3. The standard InChI is InChI=1S/C29H31Cl3N2O2S/c1-29(2,3)33-28(36)26(16-20-9-5-4-6-10-20)34(17-21-11-7-12-22(30)15-21)27(35)19-37-18-23-24(31)13-8-14-25(23)32/h4-15,26H,16-19H2,1-3H3,(H,33,36)/t26-/m1/s1. The zero-order valence-electron chi connectivity index (χ0n) is 21.1. The van der Waals surface area contributed by atoms with E-state index in [0.29, 0.717) is 27.2 Å². The molecule has 37 heavy (non-hydrogen) atoms. The van der Waals surface area contributed by atoms with Crippen LogP contribution in [0.15, 0.2) is 72.8 Å². The number of nitrogens with zero attached hydrogens (tertiary/aromatic N) is 1. The molecule has 196 valence electrons. The molecule has 0 radical (unpaired) electrons. The van der Waals surface area contributed by atoms with Crippen LogP contribution in [0.5, 0.6) is 0 Å². The van der Waals surface area contributed by atoms with Gasteiger partial charge in [0, 0.05) is 39.3 Å². The van der Waals surface area contributed by atoms with Crippen molar-refractivity contribution in [3.63, 3.8) is 0 Å². The predicted molar refractivity (Wildman–Crippen MR) is 156 cm³/mol. The molecular formula is C29H31Cl3N2O2S. The van der Waals surface area contributed by atoms with Gasteiger partial charge in [0.05, 0.1) is 5.75 Å². The number of carbonyl (C=O) groups excluding carboxylic acids is 2. The van der Waals surface area contributed by atoms with Gasteiger partial charge in [-0.3, -0.25) is 9.59 Å². The van der Waals surface area contributed by atoms with Crippen molar-refractivity contribution in [1.82, 2.24) is 10.2 Å². The van der Waals surface area contributed by atoms with Crippen molar-refractivity contribution < 1.29 is 9.59 Å². The third-order valence-corrected chi connectivity index (χ3v) is 7.43. The summed E-state index contributed by atoms with van der Waals surface area (Å²) in [5.41, 5.74) is 2.15. The molecule has 0 aromatic heterocycles. The number of rotatable bonds is 10. The second-order valence-corrected chi connectivity index (χ2v) is 12.0. The molecule has 0 spiro atoms. The van der Waals surface area contributed by atoms with E-state index in [-0.39, 0.29) is 24.1 Å². The predicted octanol–water partition coefficient (Wildman–Crippen LogP) is 7.43. The van der Waals surface area contributed by atoms with Crippen LogP contribution in [0.4, 0.5) is 0 Å². The molecule has 0 heterocycles. The largest absolute Gasteiger partial charge is 0.350 e. The van der Waals surface area contributed by atoms with E-state index in [2.05, 4.69) is 5.32 Å². The fourth-order valence-electron chi connectivity index (χ4n) is 3.83. The second kappa shape index (κ2) is 13.6. The Balaban J connectivity index is 1.89. The van der Waals surface area contributed by atoms with Crippen molar-refractivity contribution >= 4 is 58.4 Å². The highest BCUT2D eigenvalue weighted by Crippen LogP contribution is 2.29. The number of nitrogens with one attached hydrogen (secondary N) is 1. The van der Waals surface area contributed by atoms with Crippen molar-refractivity contribution in [3.8, 4) is 0 Å². The highest BCUT2D eigenvalue weighted by atomic mass is 35.5. The number of amides is 2. The van der Waals surface area contributed by atoms with Crippen molar-refractivity contribution in [2.75, 3.05) is 5.75 Å². The van der Waals surface area contributed by atoms with Gasteiger partial charge in [0.1, 0.15) is 6.04 Å². The maximum atomic E-state index is 13.7. The number of hydrogen-bond donors (Lipinski definition) is 1. The number of hydrogen-bond acceptors (Lipinski definition) is 3.